The molecule has 0 nitrogen and oxygen atoms in total. The van der Waals surface area contributed by atoms with Crippen molar-refractivity contribution < 1.29 is 17.1 Å². The quantitative estimate of drug-likeness (QED) is 0.385. The molecule has 0 heterocycles. The van der Waals surface area contributed by atoms with E-state index in [0.29, 0.717) is 0 Å². The molecule has 0 fully saturated rings. The van der Waals surface area contributed by atoms with Gasteiger partial charge in [-0.2, -0.15) is 34.6 Å². The first-order valence-corrected chi connectivity index (χ1v) is 9.98. The van der Waals surface area contributed by atoms with E-state index >= 15 is 0 Å². The van der Waals surface area contributed by atoms with Crippen LogP contribution in [0.4, 0.5) is 0 Å². The molecule has 0 aromatic heterocycles. The molecule has 0 aliphatic rings. The van der Waals surface area contributed by atoms with Crippen LogP contribution in [0.15, 0.2) is 109 Å². The summed E-state index contributed by atoms with van der Waals surface area (Å²) in [6.07, 6.45) is 0. The Labute approximate surface area is 155 Å². The maximum Gasteiger partial charge on any atom is 2.00 e. The molecule has 2 heteroatoms. The molecule has 0 saturated carbocycles. The normalized spacial score (nSPS) is 11.0. The third-order valence-electron chi connectivity index (χ3n) is 4.60. The zero-order valence-corrected chi connectivity index (χ0v) is 15.4. The van der Waals surface area contributed by atoms with E-state index in [1.54, 1.807) is 0 Å². The van der Waals surface area contributed by atoms with Gasteiger partial charge in [-0.15, -0.1) is 0 Å². The fraction of sp³-hybridized carbons (Fsp3) is 0. The van der Waals surface area contributed by atoms with Crippen molar-refractivity contribution in [3.05, 3.63) is 109 Å². The van der Waals surface area contributed by atoms with Crippen molar-refractivity contribution in [1.82, 2.24) is 0 Å². The van der Waals surface area contributed by atoms with Gasteiger partial charge in [-0.1, -0.05) is 60.7 Å². The topological polar surface area (TPSA) is 0 Å². The Morgan fingerprint density at radius 2 is 0.917 bits per heavy atom. The van der Waals surface area contributed by atoms with Crippen molar-refractivity contribution in [3.8, 4) is 0 Å². The second kappa shape index (κ2) is 7.19. The maximum absolute atomic E-state index is 2.29. The van der Waals surface area contributed by atoms with Crippen LogP contribution in [0.25, 0.3) is 0 Å². The van der Waals surface area contributed by atoms with Crippen LogP contribution in [-0.2, 0) is 17.1 Å². The summed E-state index contributed by atoms with van der Waals surface area (Å²) in [6.45, 7) is 0. The first kappa shape index (κ1) is 16.7. The molecular formula is C22H18FeSi. The molecule has 0 saturated heterocycles. The van der Waals surface area contributed by atoms with Gasteiger partial charge in [-0.3, -0.25) is 0 Å². The van der Waals surface area contributed by atoms with Crippen LogP contribution < -0.4 is 20.7 Å². The molecule has 0 aliphatic carbocycles. The van der Waals surface area contributed by atoms with Gasteiger partial charge in [0.05, 0.1) is 0 Å². The summed E-state index contributed by atoms with van der Waals surface area (Å²) in [4.78, 5) is 0. The van der Waals surface area contributed by atoms with E-state index in [-0.39, 0.29) is 17.1 Å². The first-order chi connectivity index (χ1) is 11.4. The van der Waals surface area contributed by atoms with Crippen molar-refractivity contribution in [2.45, 2.75) is 0 Å². The van der Waals surface area contributed by atoms with Gasteiger partial charge in [0, 0.05) is 0 Å². The third-order valence-corrected chi connectivity index (χ3v) is 9.40. The molecule has 4 aromatic carbocycles. The largest absolute Gasteiger partial charge is 2.00 e. The maximum atomic E-state index is 2.29. The molecule has 0 radical (unpaired) electrons. The van der Waals surface area contributed by atoms with Crippen LogP contribution in [0.3, 0.4) is 0 Å². The summed E-state index contributed by atoms with van der Waals surface area (Å²) >= 11 is 0. The van der Waals surface area contributed by atoms with E-state index in [1.165, 1.54) is 20.7 Å². The molecule has 4 aromatic rings. The molecule has 0 unspecified atom stereocenters. The van der Waals surface area contributed by atoms with Crippen LogP contribution in [0.1, 0.15) is 0 Å². The Morgan fingerprint density at radius 3 is 1.25 bits per heavy atom. The Morgan fingerprint density at radius 1 is 0.500 bits per heavy atom. The second-order valence-electron chi connectivity index (χ2n) is 5.83. The van der Waals surface area contributed by atoms with E-state index in [1.807, 2.05) is 0 Å². The Kier molecular flexibility index (Phi) is 5.01. The molecule has 0 amide bonds. The predicted molar refractivity (Wildman–Crippen MR) is 101 cm³/mol. The molecule has 4 rings (SSSR count). The van der Waals surface area contributed by atoms with E-state index in [0.717, 1.165) is 0 Å². The summed E-state index contributed by atoms with van der Waals surface area (Å²) in [6, 6.07) is 39.8. The van der Waals surface area contributed by atoms with Gasteiger partial charge in [-0.25, -0.2) is 24.3 Å². The minimum Gasteiger partial charge on any atom is -0.214 e. The summed E-state index contributed by atoms with van der Waals surface area (Å²) in [5.41, 5.74) is 0. The fourth-order valence-electron chi connectivity index (χ4n) is 3.62. The smallest absolute Gasteiger partial charge is 0.214 e. The summed E-state index contributed by atoms with van der Waals surface area (Å²) in [5.74, 6) is 0. The van der Waals surface area contributed by atoms with Crippen molar-refractivity contribution in [3.63, 3.8) is 0 Å². The van der Waals surface area contributed by atoms with Gasteiger partial charge in [0.1, 0.15) is 8.07 Å². The monoisotopic (exact) mass is 366 g/mol. The first-order valence-electron chi connectivity index (χ1n) is 7.98. The molecule has 0 aliphatic heterocycles. The molecule has 0 atom stereocenters. The molecule has 0 N–H and O–H groups in total. The zero-order chi connectivity index (χ0) is 15.5. The summed E-state index contributed by atoms with van der Waals surface area (Å²) in [7, 11) is -2.20. The third kappa shape index (κ3) is 2.63. The minimum atomic E-state index is -2.20. The van der Waals surface area contributed by atoms with Crippen LogP contribution in [0.5, 0.6) is 0 Å². The zero-order valence-electron chi connectivity index (χ0n) is 13.2. The van der Waals surface area contributed by atoms with E-state index in [9.17, 15) is 0 Å². The van der Waals surface area contributed by atoms with Gasteiger partial charge < -0.3 is 0 Å². The van der Waals surface area contributed by atoms with Gasteiger partial charge in [0.2, 0.25) is 0 Å². The Balaban J connectivity index is 0.00000169. The van der Waals surface area contributed by atoms with Crippen LogP contribution in [0.2, 0.25) is 0 Å². The van der Waals surface area contributed by atoms with Gasteiger partial charge in [-0.05, 0) is 10.4 Å². The van der Waals surface area contributed by atoms with Crippen molar-refractivity contribution >= 4 is 28.8 Å². The van der Waals surface area contributed by atoms with Crippen molar-refractivity contribution in [1.29, 1.82) is 0 Å². The van der Waals surface area contributed by atoms with Gasteiger partial charge in [0.25, 0.3) is 0 Å². The summed E-state index contributed by atoms with van der Waals surface area (Å²) in [5, 5.41) is 5.76. The van der Waals surface area contributed by atoms with E-state index in [4.69, 9.17) is 0 Å². The molecule has 118 valence electrons. The number of benzene rings is 2. The van der Waals surface area contributed by atoms with Crippen LogP contribution in [0, 0.1) is 0 Å². The minimum absolute atomic E-state index is 0. The molecule has 24 heavy (non-hydrogen) atoms. The SMILES string of the molecule is [Fe+2].c1ccc([Si](c2ccccc2)(c2ccc[cH-]2)c2ccc[cH-]2)cc1. The fourth-order valence-corrected chi connectivity index (χ4v) is 8.39. The molecule has 0 spiro atoms. The molecular weight excluding hydrogens is 348 g/mol. The Bertz CT molecular complexity index is 771. The number of rotatable bonds is 4. The second-order valence-corrected chi connectivity index (χ2v) is 9.64. The predicted octanol–water partition coefficient (Wildman–Crippen LogP) is 2.50. The van der Waals surface area contributed by atoms with Crippen molar-refractivity contribution in [2.24, 2.45) is 0 Å². The van der Waals surface area contributed by atoms with Gasteiger partial charge >= 0.3 is 17.1 Å². The number of hydrogen-bond acceptors (Lipinski definition) is 0. The number of hydrogen-bond donors (Lipinski definition) is 0. The standard InChI is InChI=1S/C22H18Si.Fe/c1-3-11-19(12-4-1)23(21-15-7-8-16-21,22-17-9-10-18-22)20-13-5-2-6-14-20;/h1-18H;/q-2;+2. The average molecular weight is 366 g/mol. The molecule has 0 bridgehead atoms. The van der Waals surface area contributed by atoms with Crippen LogP contribution in [-0.4, -0.2) is 8.07 Å². The van der Waals surface area contributed by atoms with Crippen molar-refractivity contribution in [2.75, 3.05) is 0 Å². The van der Waals surface area contributed by atoms with E-state index in [2.05, 4.69) is 109 Å². The van der Waals surface area contributed by atoms with Gasteiger partial charge in [0.15, 0.2) is 0 Å². The average Bonchev–Trinajstić information content (AvgIpc) is 3.32. The Hall–Kier alpha value is -2.12. The summed E-state index contributed by atoms with van der Waals surface area (Å²) < 4.78 is 0. The van der Waals surface area contributed by atoms with E-state index < -0.39 is 8.07 Å². The van der Waals surface area contributed by atoms with Crippen LogP contribution >= 0.6 is 0 Å².